The highest BCUT2D eigenvalue weighted by molar-refractivity contribution is 5.89. The summed E-state index contributed by atoms with van der Waals surface area (Å²) in [5, 5.41) is 8.06. The first kappa shape index (κ1) is 13.4. The van der Waals surface area contributed by atoms with Gasteiger partial charge < -0.3 is 14.6 Å². The predicted molar refractivity (Wildman–Crippen MR) is 80.0 cm³/mol. The zero-order valence-electron chi connectivity index (χ0n) is 12.2. The van der Waals surface area contributed by atoms with E-state index in [9.17, 15) is 0 Å². The largest absolute Gasteiger partial charge is 0.497 e. The first-order valence-corrected chi connectivity index (χ1v) is 6.75. The molecule has 2 aromatic heterocycles. The van der Waals surface area contributed by atoms with Crippen LogP contribution in [0.25, 0.3) is 11.1 Å². The third-order valence-corrected chi connectivity index (χ3v) is 3.22. The quantitative estimate of drug-likeness (QED) is 0.793. The summed E-state index contributed by atoms with van der Waals surface area (Å²) >= 11 is 0. The van der Waals surface area contributed by atoms with E-state index in [0.717, 1.165) is 34.8 Å². The smallest absolute Gasteiger partial charge is 0.263 e. The monoisotopic (exact) mass is 284 g/mol. The van der Waals surface area contributed by atoms with Gasteiger partial charge in [0.15, 0.2) is 0 Å². The lowest BCUT2D eigenvalue weighted by Gasteiger charge is -2.08. The number of methoxy groups -OCH3 is 1. The van der Waals surface area contributed by atoms with Gasteiger partial charge in [0.05, 0.1) is 12.8 Å². The van der Waals surface area contributed by atoms with Gasteiger partial charge in [-0.25, -0.2) is 4.98 Å². The minimum Gasteiger partial charge on any atom is -0.497 e. The molecule has 0 radical (unpaired) electrons. The summed E-state index contributed by atoms with van der Waals surface area (Å²) in [5.41, 5.74) is 2.19. The molecule has 0 spiro atoms. The van der Waals surface area contributed by atoms with Crippen molar-refractivity contribution in [3.8, 4) is 5.75 Å². The number of fused-ring (bicyclic) bond motifs is 1. The molecule has 0 aliphatic heterocycles. The van der Waals surface area contributed by atoms with E-state index in [1.165, 1.54) is 0 Å². The van der Waals surface area contributed by atoms with Crippen molar-refractivity contribution in [1.82, 2.24) is 15.1 Å². The van der Waals surface area contributed by atoms with E-state index < -0.39 is 0 Å². The van der Waals surface area contributed by atoms with Crippen molar-refractivity contribution >= 4 is 22.6 Å². The molecule has 0 aliphatic carbocycles. The summed E-state index contributed by atoms with van der Waals surface area (Å²) in [7, 11) is 1.64. The Morgan fingerprint density at radius 1 is 1.19 bits per heavy atom. The van der Waals surface area contributed by atoms with Crippen LogP contribution in [0.5, 0.6) is 5.75 Å². The van der Waals surface area contributed by atoms with Crippen molar-refractivity contribution in [1.29, 1.82) is 0 Å². The van der Waals surface area contributed by atoms with Crippen LogP contribution in [0.3, 0.4) is 0 Å². The Kier molecular flexibility index (Phi) is 3.43. The number of hydrogen-bond donors (Lipinski definition) is 1. The Balaban J connectivity index is 2.03. The molecule has 2 heterocycles. The maximum Gasteiger partial charge on any atom is 0.263 e. The number of aromatic nitrogens is 3. The molecular formula is C15H16N4O2. The summed E-state index contributed by atoms with van der Waals surface area (Å²) in [6.07, 6.45) is 0.729. The fourth-order valence-corrected chi connectivity index (χ4v) is 2.09. The van der Waals surface area contributed by atoms with E-state index in [1.807, 2.05) is 38.1 Å². The number of nitrogens with one attached hydrogen (secondary N) is 1. The maximum atomic E-state index is 5.24. The zero-order chi connectivity index (χ0) is 14.8. The van der Waals surface area contributed by atoms with Crippen molar-refractivity contribution in [3.05, 3.63) is 35.8 Å². The molecule has 0 aliphatic rings. The van der Waals surface area contributed by atoms with Crippen LogP contribution in [0.2, 0.25) is 0 Å². The lowest BCUT2D eigenvalue weighted by atomic mass is 10.2. The summed E-state index contributed by atoms with van der Waals surface area (Å²) in [6.45, 7) is 3.88. The van der Waals surface area contributed by atoms with Crippen molar-refractivity contribution in [2.45, 2.75) is 20.3 Å². The third kappa shape index (κ3) is 2.52. The summed E-state index contributed by atoms with van der Waals surface area (Å²) in [4.78, 5) is 8.88. The van der Waals surface area contributed by atoms with Crippen LogP contribution in [-0.2, 0) is 6.42 Å². The topological polar surface area (TPSA) is 73.1 Å². The van der Waals surface area contributed by atoms with Crippen molar-refractivity contribution in [3.63, 3.8) is 0 Å². The first-order chi connectivity index (χ1) is 10.2. The number of ether oxygens (including phenoxy) is 1. The maximum absolute atomic E-state index is 5.24. The van der Waals surface area contributed by atoms with Crippen LogP contribution in [0.1, 0.15) is 18.4 Å². The highest BCUT2D eigenvalue weighted by Crippen LogP contribution is 2.27. The van der Waals surface area contributed by atoms with E-state index in [2.05, 4.69) is 20.4 Å². The van der Waals surface area contributed by atoms with Gasteiger partial charge in [-0.15, -0.1) is 0 Å². The van der Waals surface area contributed by atoms with Gasteiger partial charge in [0.2, 0.25) is 0 Å². The second-order valence-electron chi connectivity index (χ2n) is 4.64. The molecule has 6 heteroatoms. The van der Waals surface area contributed by atoms with Crippen LogP contribution < -0.4 is 10.1 Å². The molecule has 0 fully saturated rings. The summed E-state index contributed by atoms with van der Waals surface area (Å²) < 4.78 is 10.4. The molecular weight excluding hydrogens is 268 g/mol. The lowest BCUT2D eigenvalue weighted by molar-refractivity contribution is 0.415. The van der Waals surface area contributed by atoms with Gasteiger partial charge in [-0.1, -0.05) is 12.1 Å². The number of anilines is 2. The van der Waals surface area contributed by atoms with Crippen LogP contribution >= 0.6 is 0 Å². The highest BCUT2D eigenvalue weighted by Gasteiger charge is 2.14. The molecule has 3 rings (SSSR count). The van der Waals surface area contributed by atoms with Gasteiger partial charge in [-0.2, -0.15) is 4.98 Å². The SMILES string of the molecule is CCc1nc(Nc2ccc(OC)cc2)c2c(C)noc2n1. The van der Waals surface area contributed by atoms with E-state index in [1.54, 1.807) is 7.11 Å². The predicted octanol–water partition coefficient (Wildman–Crippen LogP) is 3.24. The van der Waals surface area contributed by atoms with Gasteiger partial charge in [0.25, 0.3) is 5.71 Å². The van der Waals surface area contributed by atoms with Crippen LogP contribution in [0, 0.1) is 6.92 Å². The average molecular weight is 284 g/mol. The number of rotatable bonds is 4. The molecule has 3 aromatic rings. The minimum absolute atomic E-state index is 0.510. The van der Waals surface area contributed by atoms with Crippen LogP contribution in [0.15, 0.2) is 28.8 Å². The molecule has 0 unspecified atom stereocenters. The Morgan fingerprint density at radius 2 is 1.95 bits per heavy atom. The Hall–Kier alpha value is -2.63. The average Bonchev–Trinajstić information content (AvgIpc) is 2.89. The molecule has 1 aromatic carbocycles. The molecule has 0 amide bonds. The summed E-state index contributed by atoms with van der Waals surface area (Å²) in [6, 6.07) is 7.65. The van der Waals surface area contributed by atoms with E-state index in [-0.39, 0.29) is 0 Å². The summed E-state index contributed by atoms with van der Waals surface area (Å²) in [5.74, 6) is 2.24. The number of hydrogen-bond acceptors (Lipinski definition) is 6. The Morgan fingerprint density at radius 3 is 2.62 bits per heavy atom. The third-order valence-electron chi connectivity index (χ3n) is 3.22. The molecule has 0 bridgehead atoms. The standard InChI is InChI=1S/C15H16N4O2/c1-4-12-17-14(13-9(2)19-21-15(13)18-12)16-10-5-7-11(20-3)8-6-10/h5-8H,4H2,1-3H3,(H,16,17,18). The van der Waals surface area contributed by atoms with Crippen LogP contribution in [0.4, 0.5) is 11.5 Å². The van der Waals surface area contributed by atoms with Gasteiger partial charge in [0, 0.05) is 12.1 Å². The number of aryl methyl sites for hydroxylation is 2. The lowest BCUT2D eigenvalue weighted by Crippen LogP contribution is -2.00. The second kappa shape index (κ2) is 5.40. The highest BCUT2D eigenvalue weighted by atomic mass is 16.5. The fraction of sp³-hybridized carbons (Fsp3) is 0.267. The Labute approximate surface area is 122 Å². The molecule has 1 N–H and O–H groups in total. The van der Waals surface area contributed by atoms with Crippen LogP contribution in [-0.4, -0.2) is 22.2 Å². The van der Waals surface area contributed by atoms with Crippen molar-refractivity contribution in [2.75, 3.05) is 12.4 Å². The molecule has 6 nitrogen and oxygen atoms in total. The molecule has 108 valence electrons. The van der Waals surface area contributed by atoms with E-state index in [0.29, 0.717) is 11.5 Å². The number of benzene rings is 1. The van der Waals surface area contributed by atoms with E-state index in [4.69, 9.17) is 9.26 Å². The van der Waals surface area contributed by atoms with E-state index >= 15 is 0 Å². The minimum atomic E-state index is 0.510. The molecule has 0 atom stereocenters. The van der Waals surface area contributed by atoms with Gasteiger partial charge >= 0.3 is 0 Å². The van der Waals surface area contributed by atoms with Gasteiger partial charge in [0.1, 0.15) is 22.8 Å². The molecule has 0 saturated carbocycles. The second-order valence-corrected chi connectivity index (χ2v) is 4.64. The Bertz CT molecular complexity index is 765. The van der Waals surface area contributed by atoms with Crippen molar-refractivity contribution in [2.24, 2.45) is 0 Å². The van der Waals surface area contributed by atoms with Gasteiger partial charge in [-0.05, 0) is 31.2 Å². The zero-order valence-corrected chi connectivity index (χ0v) is 12.2. The fourth-order valence-electron chi connectivity index (χ4n) is 2.09. The molecule has 21 heavy (non-hydrogen) atoms. The molecule has 0 saturated heterocycles. The first-order valence-electron chi connectivity index (χ1n) is 6.75. The van der Waals surface area contributed by atoms with Gasteiger partial charge in [-0.3, -0.25) is 0 Å². The number of nitrogens with zero attached hydrogens (tertiary/aromatic N) is 3. The van der Waals surface area contributed by atoms with Crippen molar-refractivity contribution < 1.29 is 9.26 Å². The normalized spacial score (nSPS) is 10.8.